The van der Waals surface area contributed by atoms with Crippen molar-refractivity contribution in [2.24, 2.45) is 0 Å². The van der Waals surface area contributed by atoms with Crippen LogP contribution in [-0.2, 0) is 9.59 Å². The number of nitrogens with one attached hydrogen (secondary N) is 1. The van der Waals surface area contributed by atoms with Gasteiger partial charge in [0.15, 0.2) is 5.60 Å². The molecule has 4 amide bonds. The Balaban J connectivity index is 1.72. The van der Waals surface area contributed by atoms with Crippen molar-refractivity contribution in [2.45, 2.75) is 58.1 Å². The summed E-state index contributed by atoms with van der Waals surface area (Å²) in [5.41, 5.74) is -0.457. The van der Waals surface area contributed by atoms with Gasteiger partial charge in [0, 0.05) is 51.1 Å². The highest BCUT2D eigenvalue weighted by molar-refractivity contribution is 6.04. The van der Waals surface area contributed by atoms with Crippen molar-refractivity contribution in [3.05, 3.63) is 53.3 Å². The average Bonchev–Trinajstić information content (AvgIpc) is 2.98. The number of likely N-dealkylation sites (N-methyl/N-ethyl adjacent to an activating group) is 1. The normalized spacial score (nSPS) is 19.3. The van der Waals surface area contributed by atoms with Crippen molar-refractivity contribution in [3.8, 4) is 11.5 Å². The summed E-state index contributed by atoms with van der Waals surface area (Å²) in [7, 11) is 1.56. The lowest BCUT2D eigenvalue weighted by Gasteiger charge is -2.43. The first-order valence-electron chi connectivity index (χ1n) is 14.5. The van der Waals surface area contributed by atoms with Gasteiger partial charge >= 0.3 is 6.09 Å². The van der Waals surface area contributed by atoms with E-state index in [0.29, 0.717) is 12.2 Å². The number of piperidine rings is 1. The number of amides is 4. The highest BCUT2D eigenvalue weighted by Gasteiger charge is 2.43. The number of halogens is 1. The van der Waals surface area contributed by atoms with E-state index in [2.05, 4.69) is 5.32 Å². The molecule has 2 N–H and O–H groups in total. The van der Waals surface area contributed by atoms with Gasteiger partial charge in [-0.25, -0.2) is 9.18 Å². The van der Waals surface area contributed by atoms with Crippen LogP contribution in [0.15, 0.2) is 36.4 Å². The number of carbonyl (C=O) groups excluding carboxylic acids is 3. The molecule has 12 heteroatoms. The van der Waals surface area contributed by atoms with Crippen molar-refractivity contribution in [3.63, 3.8) is 0 Å². The smallest absolute Gasteiger partial charge is 0.407 e. The molecule has 11 nitrogen and oxygen atoms in total. The third-order valence-electron chi connectivity index (χ3n) is 8.05. The molecule has 0 saturated carbocycles. The minimum Gasteiger partial charge on any atom is -0.497 e. The molecule has 2 aromatic rings. The molecular weight excluding hydrogens is 559 g/mol. The lowest BCUT2D eigenvalue weighted by atomic mass is 9.84. The van der Waals surface area contributed by atoms with Crippen molar-refractivity contribution in [1.82, 2.24) is 15.1 Å². The number of rotatable bonds is 9. The molecule has 1 saturated heterocycles. The van der Waals surface area contributed by atoms with Crippen LogP contribution in [0.2, 0.25) is 0 Å². The summed E-state index contributed by atoms with van der Waals surface area (Å²) in [6.45, 7) is 7.38. The van der Waals surface area contributed by atoms with Gasteiger partial charge in [-0.15, -0.1) is 0 Å². The number of anilines is 1. The Hall–Kier alpha value is -4.35. The Morgan fingerprint density at radius 2 is 1.95 bits per heavy atom. The molecule has 0 aliphatic carbocycles. The molecule has 2 aliphatic heterocycles. The van der Waals surface area contributed by atoms with Crippen LogP contribution in [0, 0.1) is 5.82 Å². The van der Waals surface area contributed by atoms with Gasteiger partial charge in [-0.1, -0.05) is 19.1 Å². The standard InChI is InChI=1S/C31H39FN4O7/c1-6-27(37)33-12-14-36-24-16-22(23(32)17-26(24)43-31(3,4)29(36)39)28(38)35(7-2)25-18-34(30(40)41)13-11-21(25)19-9-8-10-20(15-19)42-5/h8-10,15-17,21,25H,6-7,11-14,18H2,1-5H3,(H,33,37)(H,40,41)/t21-,25+/m1/s1. The van der Waals surface area contributed by atoms with Crippen molar-refractivity contribution >= 4 is 29.5 Å². The molecule has 2 heterocycles. The maximum absolute atomic E-state index is 15.7. The minimum atomic E-state index is -1.29. The number of hydrogen-bond donors (Lipinski definition) is 2. The largest absolute Gasteiger partial charge is 0.497 e. The molecule has 232 valence electrons. The summed E-state index contributed by atoms with van der Waals surface area (Å²) in [6, 6.07) is 9.24. The summed E-state index contributed by atoms with van der Waals surface area (Å²) < 4.78 is 26.9. The maximum atomic E-state index is 15.7. The molecular formula is C31H39FN4O7. The first-order valence-corrected chi connectivity index (χ1v) is 14.5. The second-order valence-electron chi connectivity index (χ2n) is 11.1. The molecule has 0 radical (unpaired) electrons. The van der Waals surface area contributed by atoms with Gasteiger partial charge < -0.3 is 34.6 Å². The number of carbonyl (C=O) groups is 4. The van der Waals surface area contributed by atoms with Crippen LogP contribution >= 0.6 is 0 Å². The van der Waals surface area contributed by atoms with Gasteiger partial charge in [0.05, 0.1) is 24.4 Å². The van der Waals surface area contributed by atoms with E-state index in [4.69, 9.17) is 9.47 Å². The van der Waals surface area contributed by atoms with Crippen LogP contribution < -0.4 is 19.7 Å². The summed E-state index contributed by atoms with van der Waals surface area (Å²) >= 11 is 0. The predicted molar refractivity (Wildman–Crippen MR) is 157 cm³/mol. The molecule has 2 aromatic carbocycles. The molecule has 1 fully saturated rings. The van der Waals surface area contributed by atoms with E-state index < -0.39 is 35.4 Å². The molecule has 4 rings (SSSR count). The predicted octanol–water partition coefficient (Wildman–Crippen LogP) is 3.86. The van der Waals surface area contributed by atoms with E-state index in [0.717, 1.165) is 11.6 Å². The number of carboxylic acid groups (broad SMARTS) is 1. The highest BCUT2D eigenvalue weighted by Crippen LogP contribution is 2.40. The van der Waals surface area contributed by atoms with Crippen LogP contribution in [0.3, 0.4) is 0 Å². The van der Waals surface area contributed by atoms with Gasteiger partial charge in [0.25, 0.3) is 11.8 Å². The highest BCUT2D eigenvalue weighted by atomic mass is 19.1. The van der Waals surface area contributed by atoms with E-state index in [1.54, 1.807) is 40.9 Å². The van der Waals surface area contributed by atoms with Gasteiger partial charge in [0.1, 0.15) is 17.3 Å². The summed E-state index contributed by atoms with van der Waals surface area (Å²) in [5.74, 6) is -1.53. The Morgan fingerprint density at radius 3 is 2.60 bits per heavy atom. The fourth-order valence-corrected chi connectivity index (χ4v) is 5.77. The van der Waals surface area contributed by atoms with Crippen LogP contribution in [0.4, 0.5) is 14.9 Å². The van der Waals surface area contributed by atoms with E-state index >= 15 is 4.39 Å². The second-order valence-corrected chi connectivity index (χ2v) is 11.1. The zero-order valence-electron chi connectivity index (χ0n) is 25.2. The van der Waals surface area contributed by atoms with Gasteiger partial charge in [-0.3, -0.25) is 14.4 Å². The van der Waals surface area contributed by atoms with Gasteiger partial charge in [-0.05, 0) is 51.0 Å². The number of likely N-dealkylation sites (tertiary alicyclic amines) is 1. The zero-order valence-corrected chi connectivity index (χ0v) is 25.2. The van der Waals surface area contributed by atoms with E-state index in [1.807, 2.05) is 18.2 Å². The van der Waals surface area contributed by atoms with Gasteiger partial charge in [0.2, 0.25) is 5.91 Å². The van der Waals surface area contributed by atoms with Crippen molar-refractivity contribution in [1.29, 1.82) is 0 Å². The molecule has 0 bridgehead atoms. The Kier molecular flexibility index (Phi) is 9.46. The monoisotopic (exact) mass is 598 g/mol. The molecule has 0 aromatic heterocycles. The van der Waals surface area contributed by atoms with Crippen LogP contribution in [0.25, 0.3) is 0 Å². The van der Waals surface area contributed by atoms with Crippen LogP contribution in [-0.4, -0.2) is 90.2 Å². The molecule has 0 spiro atoms. The summed E-state index contributed by atoms with van der Waals surface area (Å²) in [5, 5.41) is 12.5. The number of ether oxygens (including phenoxy) is 2. The van der Waals surface area contributed by atoms with Crippen LogP contribution in [0.5, 0.6) is 11.5 Å². The average molecular weight is 599 g/mol. The van der Waals surface area contributed by atoms with E-state index in [1.165, 1.54) is 20.8 Å². The number of hydrogen-bond acceptors (Lipinski definition) is 6. The van der Waals surface area contributed by atoms with Crippen molar-refractivity contribution in [2.75, 3.05) is 44.7 Å². The van der Waals surface area contributed by atoms with Crippen molar-refractivity contribution < 1.29 is 38.1 Å². The SMILES string of the molecule is CCC(=O)NCCN1C(=O)C(C)(C)Oc2cc(F)c(C(=O)N(CC)[C@H]3CN(C(=O)O)CC[C@@H]3c3cccc(OC)c3)cc21. The lowest BCUT2D eigenvalue weighted by molar-refractivity contribution is -0.132. The fourth-order valence-electron chi connectivity index (χ4n) is 5.77. The topological polar surface area (TPSA) is 129 Å². The Bertz CT molecular complexity index is 1400. The summed E-state index contributed by atoms with van der Waals surface area (Å²) in [4.78, 5) is 55.3. The fraction of sp³-hybridized carbons (Fsp3) is 0.484. The zero-order chi connectivity index (χ0) is 31.5. The van der Waals surface area contributed by atoms with E-state index in [-0.39, 0.29) is 68.0 Å². The third kappa shape index (κ3) is 6.52. The summed E-state index contributed by atoms with van der Waals surface area (Å²) in [6.07, 6.45) is -0.357. The third-order valence-corrected chi connectivity index (χ3v) is 8.05. The van der Waals surface area contributed by atoms with Crippen LogP contribution in [0.1, 0.15) is 62.4 Å². The minimum absolute atomic E-state index is 0.0440. The molecule has 43 heavy (non-hydrogen) atoms. The van der Waals surface area contributed by atoms with E-state index in [9.17, 15) is 24.3 Å². The Morgan fingerprint density at radius 1 is 1.21 bits per heavy atom. The first-order chi connectivity index (χ1) is 20.4. The quantitative estimate of drug-likeness (QED) is 0.449. The Labute approximate surface area is 250 Å². The molecule has 2 atom stereocenters. The molecule has 0 unspecified atom stereocenters. The maximum Gasteiger partial charge on any atom is 0.407 e. The van der Waals surface area contributed by atoms with Gasteiger partial charge in [-0.2, -0.15) is 0 Å². The second kappa shape index (κ2) is 12.9. The number of nitrogens with zero attached hydrogens (tertiary/aromatic N) is 3. The number of benzene rings is 2. The number of fused-ring (bicyclic) bond motifs is 1. The molecule has 2 aliphatic rings. The lowest BCUT2D eigenvalue weighted by Crippen LogP contribution is -2.55. The number of methoxy groups -OCH3 is 1. The first kappa shape index (κ1) is 31.6.